The van der Waals surface area contributed by atoms with Gasteiger partial charge in [0.1, 0.15) is 6.61 Å². The van der Waals surface area contributed by atoms with Crippen molar-refractivity contribution < 1.29 is 23.7 Å². The maximum absolute atomic E-state index is 12.5. The van der Waals surface area contributed by atoms with E-state index in [1.807, 2.05) is 32.0 Å². The predicted octanol–water partition coefficient (Wildman–Crippen LogP) is 2.53. The van der Waals surface area contributed by atoms with Crippen molar-refractivity contribution in [1.82, 2.24) is 9.80 Å². The molecule has 1 aromatic carbocycles. The van der Waals surface area contributed by atoms with E-state index in [2.05, 4.69) is 4.90 Å². The van der Waals surface area contributed by atoms with Crippen molar-refractivity contribution in [3.63, 3.8) is 0 Å². The second kappa shape index (κ2) is 9.80. The standard InChI is InChI=1S/C20H30N2O5/c1-3-22(20(23)25-12-9-21-7-4-10-24-11-8-21)16(2)13-17-5-6-18-19(14-17)27-15-26-18/h5-6,14,16H,3-4,7-13,15H2,1-2H3/t16-/m1/s1. The first-order valence-electron chi connectivity index (χ1n) is 9.79. The van der Waals surface area contributed by atoms with Crippen LogP contribution in [0.3, 0.4) is 0 Å². The average Bonchev–Trinajstić information content (AvgIpc) is 2.96. The largest absolute Gasteiger partial charge is 0.454 e. The molecule has 7 heteroatoms. The van der Waals surface area contributed by atoms with Crippen LogP contribution in [0.15, 0.2) is 18.2 Å². The van der Waals surface area contributed by atoms with Gasteiger partial charge in [-0.1, -0.05) is 6.07 Å². The Morgan fingerprint density at radius 3 is 2.96 bits per heavy atom. The highest BCUT2D eigenvalue weighted by Crippen LogP contribution is 2.33. The SMILES string of the molecule is CCN(C(=O)OCCN1CCCOCC1)[C@H](C)Cc1ccc2c(c1)OCO2. The quantitative estimate of drug-likeness (QED) is 0.727. The lowest BCUT2D eigenvalue weighted by Gasteiger charge is -2.28. The summed E-state index contributed by atoms with van der Waals surface area (Å²) in [6, 6.07) is 5.96. The molecule has 0 spiro atoms. The Morgan fingerprint density at radius 2 is 2.11 bits per heavy atom. The van der Waals surface area contributed by atoms with Crippen LogP contribution in [-0.4, -0.2) is 74.7 Å². The third-order valence-electron chi connectivity index (χ3n) is 5.02. The molecule has 27 heavy (non-hydrogen) atoms. The Kier molecular flexibility index (Phi) is 7.18. The number of amides is 1. The highest BCUT2D eigenvalue weighted by atomic mass is 16.7. The van der Waals surface area contributed by atoms with Gasteiger partial charge in [-0.25, -0.2) is 4.79 Å². The van der Waals surface area contributed by atoms with Gasteiger partial charge in [0, 0.05) is 38.8 Å². The van der Waals surface area contributed by atoms with Gasteiger partial charge in [-0.2, -0.15) is 0 Å². The second-order valence-corrected chi connectivity index (χ2v) is 6.95. The van der Waals surface area contributed by atoms with Crippen LogP contribution in [0.25, 0.3) is 0 Å². The fraction of sp³-hybridized carbons (Fsp3) is 0.650. The van der Waals surface area contributed by atoms with Crippen molar-refractivity contribution in [2.24, 2.45) is 0 Å². The lowest BCUT2D eigenvalue weighted by Crippen LogP contribution is -2.41. The number of likely N-dealkylation sites (N-methyl/N-ethyl adjacent to an activating group) is 1. The van der Waals surface area contributed by atoms with E-state index in [-0.39, 0.29) is 18.9 Å². The molecule has 1 amide bonds. The monoisotopic (exact) mass is 378 g/mol. The Bertz CT molecular complexity index is 616. The number of rotatable bonds is 7. The Labute approximate surface area is 161 Å². The van der Waals surface area contributed by atoms with E-state index >= 15 is 0 Å². The van der Waals surface area contributed by atoms with E-state index in [0.29, 0.717) is 13.2 Å². The normalized spacial score (nSPS) is 18.0. The number of hydrogen-bond donors (Lipinski definition) is 0. The first-order valence-corrected chi connectivity index (χ1v) is 9.79. The van der Waals surface area contributed by atoms with E-state index in [1.165, 1.54) is 0 Å². The fourth-order valence-electron chi connectivity index (χ4n) is 3.51. The number of carbonyl (C=O) groups is 1. The van der Waals surface area contributed by atoms with E-state index in [1.54, 1.807) is 4.90 Å². The summed E-state index contributed by atoms with van der Waals surface area (Å²) in [5.41, 5.74) is 1.11. The Hall–Kier alpha value is -1.99. The van der Waals surface area contributed by atoms with Gasteiger partial charge in [-0.05, 0) is 44.4 Å². The lowest BCUT2D eigenvalue weighted by atomic mass is 10.1. The van der Waals surface area contributed by atoms with Gasteiger partial charge in [0.25, 0.3) is 0 Å². The van der Waals surface area contributed by atoms with Crippen molar-refractivity contribution in [1.29, 1.82) is 0 Å². The number of hydrogen-bond acceptors (Lipinski definition) is 6. The van der Waals surface area contributed by atoms with Crippen LogP contribution in [-0.2, 0) is 15.9 Å². The maximum atomic E-state index is 12.5. The summed E-state index contributed by atoms with van der Waals surface area (Å²) in [6.07, 6.45) is 1.52. The van der Waals surface area contributed by atoms with Gasteiger partial charge in [0.2, 0.25) is 6.79 Å². The summed E-state index contributed by atoms with van der Waals surface area (Å²) in [5, 5.41) is 0. The fourth-order valence-corrected chi connectivity index (χ4v) is 3.51. The van der Waals surface area contributed by atoms with Gasteiger partial charge >= 0.3 is 6.09 Å². The molecule has 2 aliphatic heterocycles. The summed E-state index contributed by atoms with van der Waals surface area (Å²) < 4.78 is 21.8. The Balaban J connectivity index is 1.46. The zero-order valence-corrected chi connectivity index (χ0v) is 16.3. The molecular formula is C20H30N2O5. The van der Waals surface area contributed by atoms with Crippen LogP contribution in [0, 0.1) is 0 Å². The van der Waals surface area contributed by atoms with Crippen LogP contribution in [0.2, 0.25) is 0 Å². The number of fused-ring (bicyclic) bond motifs is 1. The molecule has 0 bridgehead atoms. The minimum absolute atomic E-state index is 0.0365. The van der Waals surface area contributed by atoms with Crippen LogP contribution < -0.4 is 9.47 Å². The van der Waals surface area contributed by atoms with Gasteiger partial charge < -0.3 is 23.8 Å². The maximum Gasteiger partial charge on any atom is 0.410 e. The van der Waals surface area contributed by atoms with Crippen molar-refractivity contribution in [2.75, 3.05) is 52.8 Å². The molecule has 0 radical (unpaired) electrons. The third-order valence-corrected chi connectivity index (χ3v) is 5.02. The van der Waals surface area contributed by atoms with Gasteiger partial charge in [-0.3, -0.25) is 4.90 Å². The van der Waals surface area contributed by atoms with E-state index in [4.69, 9.17) is 18.9 Å². The molecule has 1 aromatic rings. The smallest absolute Gasteiger partial charge is 0.410 e. The second-order valence-electron chi connectivity index (χ2n) is 6.95. The lowest BCUT2D eigenvalue weighted by molar-refractivity contribution is 0.0794. The van der Waals surface area contributed by atoms with Crippen LogP contribution in [0.5, 0.6) is 11.5 Å². The van der Waals surface area contributed by atoms with Gasteiger partial charge in [-0.15, -0.1) is 0 Å². The molecule has 0 unspecified atom stereocenters. The first kappa shape index (κ1) is 19.8. The number of carbonyl (C=O) groups excluding carboxylic acids is 1. The summed E-state index contributed by atoms with van der Waals surface area (Å²) in [7, 11) is 0. The molecule has 0 aromatic heterocycles. The van der Waals surface area contributed by atoms with E-state index < -0.39 is 0 Å². The third kappa shape index (κ3) is 5.49. The highest BCUT2D eigenvalue weighted by molar-refractivity contribution is 5.68. The topological polar surface area (TPSA) is 60.5 Å². The molecule has 7 nitrogen and oxygen atoms in total. The molecule has 1 fully saturated rings. The summed E-state index contributed by atoms with van der Waals surface area (Å²) in [5.74, 6) is 1.55. The van der Waals surface area contributed by atoms with Crippen LogP contribution in [0.4, 0.5) is 4.79 Å². The molecule has 0 saturated carbocycles. The minimum atomic E-state index is -0.253. The molecule has 1 saturated heterocycles. The molecule has 1 atom stereocenters. The van der Waals surface area contributed by atoms with Crippen molar-refractivity contribution in [3.05, 3.63) is 23.8 Å². The summed E-state index contributed by atoms with van der Waals surface area (Å²) in [6.45, 7) is 9.53. The van der Waals surface area contributed by atoms with Crippen molar-refractivity contribution in [3.8, 4) is 11.5 Å². The molecule has 2 aliphatic rings. The van der Waals surface area contributed by atoms with Crippen molar-refractivity contribution in [2.45, 2.75) is 32.7 Å². The highest BCUT2D eigenvalue weighted by Gasteiger charge is 2.22. The molecular weight excluding hydrogens is 348 g/mol. The molecule has 150 valence electrons. The minimum Gasteiger partial charge on any atom is -0.454 e. The first-order chi connectivity index (χ1) is 13.2. The summed E-state index contributed by atoms with van der Waals surface area (Å²) in [4.78, 5) is 16.6. The molecule has 0 N–H and O–H groups in total. The molecule has 0 aliphatic carbocycles. The number of benzene rings is 1. The van der Waals surface area contributed by atoms with Crippen LogP contribution in [0.1, 0.15) is 25.8 Å². The zero-order valence-electron chi connectivity index (χ0n) is 16.3. The van der Waals surface area contributed by atoms with Gasteiger partial charge in [0.15, 0.2) is 11.5 Å². The average molecular weight is 378 g/mol. The van der Waals surface area contributed by atoms with Crippen LogP contribution >= 0.6 is 0 Å². The number of nitrogens with zero attached hydrogens (tertiary/aromatic N) is 2. The van der Waals surface area contributed by atoms with Crippen molar-refractivity contribution >= 4 is 6.09 Å². The van der Waals surface area contributed by atoms with E-state index in [9.17, 15) is 4.79 Å². The zero-order chi connectivity index (χ0) is 19.1. The summed E-state index contributed by atoms with van der Waals surface area (Å²) >= 11 is 0. The van der Waals surface area contributed by atoms with Gasteiger partial charge in [0.05, 0.1) is 6.61 Å². The molecule has 3 rings (SSSR count). The molecule has 2 heterocycles. The Morgan fingerprint density at radius 1 is 1.26 bits per heavy atom. The predicted molar refractivity (Wildman–Crippen MR) is 101 cm³/mol. The number of ether oxygens (including phenoxy) is 4. The van der Waals surface area contributed by atoms with E-state index in [0.717, 1.165) is 62.8 Å².